The average Bonchev–Trinajstić information content (AvgIpc) is 2.72. The first kappa shape index (κ1) is 22.7. The topological polar surface area (TPSA) is 9.23 Å². The third-order valence-corrected chi connectivity index (χ3v) is 6.96. The molecule has 0 aliphatic heterocycles. The van der Waals surface area contributed by atoms with E-state index in [0.29, 0.717) is 29.5 Å². The Hall–Kier alpha value is -2.44. The number of ether oxygens (including phenoxy) is 1. The highest BCUT2D eigenvalue weighted by molar-refractivity contribution is 5.39. The number of hydrogen-bond donors (Lipinski definition) is 0. The standard InChI is InChI=1S/C25H24F6O/c1-2-3-4-14-5-7-17-19(9-8-18-20(17)12-16(26)13-21(18)27)24(14)15-6-10-23(22(28)11-15)32-25(29,30)31/h2,6,10-14,17,19,24H,1,3-5,7-9H2. The van der Waals surface area contributed by atoms with Crippen LogP contribution in [0.4, 0.5) is 26.3 Å². The van der Waals surface area contributed by atoms with E-state index in [1.807, 2.05) is 6.08 Å². The Labute approximate surface area is 183 Å². The molecule has 0 saturated heterocycles. The minimum Gasteiger partial charge on any atom is -0.403 e. The van der Waals surface area contributed by atoms with Crippen molar-refractivity contribution >= 4 is 0 Å². The van der Waals surface area contributed by atoms with Crippen molar-refractivity contribution < 1.29 is 31.1 Å². The van der Waals surface area contributed by atoms with Crippen LogP contribution >= 0.6 is 0 Å². The number of benzene rings is 2. The molecule has 0 bridgehead atoms. The molecule has 0 radical (unpaired) electrons. The van der Waals surface area contributed by atoms with Gasteiger partial charge in [0.25, 0.3) is 0 Å². The van der Waals surface area contributed by atoms with Crippen molar-refractivity contribution in [1.82, 2.24) is 0 Å². The van der Waals surface area contributed by atoms with Crippen LogP contribution in [0, 0.1) is 29.3 Å². The van der Waals surface area contributed by atoms with E-state index in [9.17, 15) is 26.3 Å². The summed E-state index contributed by atoms with van der Waals surface area (Å²) in [6.45, 7) is 3.77. The van der Waals surface area contributed by atoms with Crippen LogP contribution in [0.2, 0.25) is 0 Å². The quantitative estimate of drug-likeness (QED) is 0.331. The maximum absolute atomic E-state index is 14.5. The van der Waals surface area contributed by atoms with Crippen molar-refractivity contribution in [2.75, 3.05) is 0 Å². The van der Waals surface area contributed by atoms with Crippen LogP contribution in [-0.4, -0.2) is 6.36 Å². The number of hydrogen-bond acceptors (Lipinski definition) is 1. The maximum Gasteiger partial charge on any atom is 0.573 e. The van der Waals surface area contributed by atoms with E-state index in [2.05, 4.69) is 11.3 Å². The molecule has 2 aromatic carbocycles. The molecule has 1 nitrogen and oxygen atoms in total. The fourth-order valence-electron chi connectivity index (χ4n) is 5.79. The number of fused-ring (bicyclic) bond motifs is 3. The van der Waals surface area contributed by atoms with Crippen LogP contribution in [0.5, 0.6) is 5.75 Å². The third-order valence-electron chi connectivity index (χ3n) is 6.96. The van der Waals surface area contributed by atoms with Gasteiger partial charge in [-0.1, -0.05) is 12.1 Å². The minimum absolute atomic E-state index is 0.0149. The van der Waals surface area contributed by atoms with Crippen LogP contribution in [0.1, 0.15) is 60.6 Å². The molecule has 2 aliphatic carbocycles. The molecule has 2 aliphatic rings. The predicted octanol–water partition coefficient (Wildman–Crippen LogP) is 7.81. The number of alkyl halides is 3. The normalized spacial score (nSPS) is 25.1. The summed E-state index contributed by atoms with van der Waals surface area (Å²) in [4.78, 5) is 0. The highest BCUT2D eigenvalue weighted by Crippen LogP contribution is 2.55. The first-order valence-corrected chi connectivity index (χ1v) is 10.8. The summed E-state index contributed by atoms with van der Waals surface area (Å²) in [5.41, 5.74) is 1.81. The zero-order valence-corrected chi connectivity index (χ0v) is 17.4. The van der Waals surface area contributed by atoms with Gasteiger partial charge in [0.15, 0.2) is 11.6 Å². The molecule has 172 valence electrons. The second-order valence-electron chi connectivity index (χ2n) is 8.73. The molecule has 0 heterocycles. The highest BCUT2D eigenvalue weighted by Gasteiger charge is 2.44. The SMILES string of the molecule is C=CCCC1CCC2c3cc(F)cc(F)c3CCC2C1c1ccc(OC(F)(F)F)c(F)c1. The van der Waals surface area contributed by atoms with Crippen molar-refractivity contribution in [3.63, 3.8) is 0 Å². The molecule has 2 aromatic rings. The van der Waals surface area contributed by atoms with Gasteiger partial charge in [0.1, 0.15) is 11.6 Å². The fraction of sp³-hybridized carbons (Fsp3) is 0.440. The smallest absolute Gasteiger partial charge is 0.403 e. The van der Waals surface area contributed by atoms with Gasteiger partial charge in [0, 0.05) is 6.07 Å². The van der Waals surface area contributed by atoms with E-state index in [1.165, 1.54) is 12.1 Å². The van der Waals surface area contributed by atoms with Crippen LogP contribution in [-0.2, 0) is 6.42 Å². The van der Waals surface area contributed by atoms with Crippen molar-refractivity contribution in [3.8, 4) is 5.75 Å². The van der Waals surface area contributed by atoms with E-state index in [-0.39, 0.29) is 23.7 Å². The van der Waals surface area contributed by atoms with Crippen molar-refractivity contribution in [2.24, 2.45) is 11.8 Å². The maximum atomic E-state index is 14.5. The van der Waals surface area contributed by atoms with Gasteiger partial charge < -0.3 is 4.74 Å². The molecule has 4 rings (SSSR count). The van der Waals surface area contributed by atoms with E-state index in [1.54, 1.807) is 0 Å². The Balaban J connectivity index is 1.71. The van der Waals surface area contributed by atoms with Gasteiger partial charge >= 0.3 is 6.36 Å². The van der Waals surface area contributed by atoms with Gasteiger partial charge in [0.05, 0.1) is 0 Å². The van der Waals surface area contributed by atoms with Crippen LogP contribution in [0.15, 0.2) is 43.0 Å². The van der Waals surface area contributed by atoms with Gasteiger partial charge in [-0.2, -0.15) is 0 Å². The lowest BCUT2D eigenvalue weighted by Gasteiger charge is -2.47. The summed E-state index contributed by atoms with van der Waals surface area (Å²) in [5.74, 6) is -3.13. The molecule has 7 heteroatoms. The second kappa shape index (κ2) is 8.83. The molecular weight excluding hydrogens is 430 g/mol. The molecule has 0 amide bonds. The van der Waals surface area contributed by atoms with Gasteiger partial charge in [-0.25, -0.2) is 13.2 Å². The van der Waals surface area contributed by atoms with Crippen molar-refractivity contribution in [3.05, 3.63) is 77.1 Å². The molecule has 1 fully saturated rings. The molecule has 0 N–H and O–H groups in total. The lowest BCUT2D eigenvalue weighted by Crippen LogP contribution is -2.35. The molecule has 0 aromatic heterocycles. The molecule has 4 unspecified atom stereocenters. The Morgan fingerprint density at radius 2 is 1.78 bits per heavy atom. The Bertz CT molecular complexity index is 999. The zero-order chi connectivity index (χ0) is 23.0. The van der Waals surface area contributed by atoms with Crippen molar-refractivity contribution in [2.45, 2.75) is 56.7 Å². The Kier molecular flexibility index (Phi) is 6.28. The Morgan fingerprint density at radius 3 is 2.47 bits per heavy atom. The van der Waals surface area contributed by atoms with Gasteiger partial charge in [-0.3, -0.25) is 0 Å². The lowest BCUT2D eigenvalue weighted by atomic mass is 9.57. The number of rotatable bonds is 5. The van der Waals surface area contributed by atoms with E-state index in [0.717, 1.165) is 43.9 Å². The van der Waals surface area contributed by atoms with Crippen LogP contribution < -0.4 is 4.74 Å². The predicted molar refractivity (Wildman–Crippen MR) is 109 cm³/mol. The van der Waals surface area contributed by atoms with E-state index >= 15 is 0 Å². The lowest BCUT2D eigenvalue weighted by molar-refractivity contribution is -0.275. The summed E-state index contributed by atoms with van der Waals surface area (Å²) < 4.78 is 84.3. The summed E-state index contributed by atoms with van der Waals surface area (Å²) >= 11 is 0. The Morgan fingerprint density at radius 1 is 1.00 bits per heavy atom. The first-order chi connectivity index (χ1) is 15.2. The zero-order valence-electron chi connectivity index (χ0n) is 17.4. The summed E-state index contributed by atoms with van der Waals surface area (Å²) in [6.07, 6.45) is 1.04. The molecule has 1 saturated carbocycles. The average molecular weight is 454 g/mol. The third kappa shape index (κ3) is 4.52. The molecular formula is C25H24F6O. The first-order valence-electron chi connectivity index (χ1n) is 10.8. The van der Waals surface area contributed by atoms with E-state index in [4.69, 9.17) is 0 Å². The fourth-order valence-corrected chi connectivity index (χ4v) is 5.79. The summed E-state index contributed by atoms with van der Waals surface area (Å²) in [6, 6.07) is 5.93. The van der Waals surface area contributed by atoms with Gasteiger partial charge in [-0.15, -0.1) is 19.8 Å². The minimum atomic E-state index is -4.98. The van der Waals surface area contributed by atoms with Gasteiger partial charge in [0.2, 0.25) is 0 Å². The molecule has 32 heavy (non-hydrogen) atoms. The summed E-state index contributed by atoms with van der Waals surface area (Å²) in [5, 5.41) is 0. The number of allylic oxidation sites excluding steroid dienone is 1. The summed E-state index contributed by atoms with van der Waals surface area (Å²) in [7, 11) is 0. The molecule has 0 spiro atoms. The molecule has 4 atom stereocenters. The largest absolute Gasteiger partial charge is 0.573 e. The number of halogens is 6. The highest BCUT2D eigenvalue weighted by atomic mass is 19.4. The monoisotopic (exact) mass is 454 g/mol. The van der Waals surface area contributed by atoms with Crippen molar-refractivity contribution in [1.29, 1.82) is 0 Å². The van der Waals surface area contributed by atoms with Gasteiger partial charge in [-0.05, 0) is 97.1 Å². The van der Waals surface area contributed by atoms with E-state index < -0.39 is 29.6 Å². The van der Waals surface area contributed by atoms with Crippen LogP contribution in [0.3, 0.4) is 0 Å². The van der Waals surface area contributed by atoms with Crippen LogP contribution in [0.25, 0.3) is 0 Å². The second-order valence-corrected chi connectivity index (χ2v) is 8.73.